The molecule has 0 radical (unpaired) electrons. The minimum atomic E-state index is -0.448. The standard InChI is InChI=1S/C16H15F2NO/c1-10-7-13-15(3-2-4-16(13)20)19(10)9-11-8-12(17)5-6-14(11)18/h5-8H,2-4,9H2,1H3. The highest BCUT2D eigenvalue weighted by Gasteiger charge is 2.23. The molecule has 0 amide bonds. The number of benzene rings is 1. The van der Waals surface area contributed by atoms with Crippen LogP contribution in [0.25, 0.3) is 0 Å². The summed E-state index contributed by atoms with van der Waals surface area (Å²) < 4.78 is 28.9. The minimum absolute atomic E-state index is 0.146. The van der Waals surface area contributed by atoms with Gasteiger partial charge in [0.15, 0.2) is 5.78 Å². The zero-order valence-electron chi connectivity index (χ0n) is 11.2. The van der Waals surface area contributed by atoms with Crippen LogP contribution in [0.2, 0.25) is 0 Å². The van der Waals surface area contributed by atoms with Gasteiger partial charge in [0.1, 0.15) is 11.6 Å². The molecule has 0 spiro atoms. The van der Waals surface area contributed by atoms with Crippen molar-refractivity contribution in [3.63, 3.8) is 0 Å². The molecule has 0 unspecified atom stereocenters. The van der Waals surface area contributed by atoms with E-state index < -0.39 is 11.6 Å². The van der Waals surface area contributed by atoms with Gasteiger partial charge in [0.05, 0.1) is 6.54 Å². The predicted molar refractivity (Wildman–Crippen MR) is 71.9 cm³/mol. The molecule has 1 aliphatic rings. The van der Waals surface area contributed by atoms with E-state index in [9.17, 15) is 13.6 Å². The van der Waals surface area contributed by atoms with Gasteiger partial charge >= 0.3 is 0 Å². The van der Waals surface area contributed by atoms with Gasteiger partial charge in [0, 0.05) is 28.9 Å². The Bertz CT molecular complexity index is 688. The summed E-state index contributed by atoms with van der Waals surface area (Å²) >= 11 is 0. The number of ketones is 1. The van der Waals surface area contributed by atoms with Gasteiger partial charge in [-0.1, -0.05) is 0 Å². The molecule has 0 saturated heterocycles. The van der Waals surface area contributed by atoms with Gasteiger partial charge in [-0.15, -0.1) is 0 Å². The van der Waals surface area contributed by atoms with Crippen molar-refractivity contribution in [3.05, 3.63) is 58.4 Å². The van der Waals surface area contributed by atoms with E-state index in [1.165, 1.54) is 6.07 Å². The number of aryl methyl sites for hydroxylation is 1. The van der Waals surface area contributed by atoms with Crippen molar-refractivity contribution in [3.8, 4) is 0 Å². The molecular formula is C16H15F2NO. The monoisotopic (exact) mass is 275 g/mol. The molecule has 0 saturated carbocycles. The molecule has 0 N–H and O–H groups in total. The third kappa shape index (κ3) is 2.15. The van der Waals surface area contributed by atoms with Crippen LogP contribution >= 0.6 is 0 Å². The van der Waals surface area contributed by atoms with Gasteiger partial charge in [-0.3, -0.25) is 4.79 Å². The molecular weight excluding hydrogens is 260 g/mol. The first kappa shape index (κ1) is 13.0. The molecule has 104 valence electrons. The molecule has 2 nitrogen and oxygen atoms in total. The van der Waals surface area contributed by atoms with Crippen molar-refractivity contribution in [2.24, 2.45) is 0 Å². The highest BCUT2D eigenvalue weighted by Crippen LogP contribution is 2.26. The molecule has 2 aromatic rings. The number of rotatable bonds is 2. The van der Waals surface area contributed by atoms with Crippen molar-refractivity contribution in [2.75, 3.05) is 0 Å². The lowest BCUT2D eigenvalue weighted by Gasteiger charge is -2.16. The second-order valence-corrected chi connectivity index (χ2v) is 5.24. The Hall–Kier alpha value is -1.97. The maximum Gasteiger partial charge on any atom is 0.164 e. The molecule has 0 fully saturated rings. The number of carbonyl (C=O) groups excluding carboxylic acids is 1. The smallest absolute Gasteiger partial charge is 0.164 e. The van der Waals surface area contributed by atoms with Crippen LogP contribution in [0.4, 0.5) is 8.78 Å². The third-order valence-electron chi connectivity index (χ3n) is 3.87. The van der Waals surface area contributed by atoms with E-state index in [0.717, 1.165) is 41.9 Å². The summed E-state index contributed by atoms with van der Waals surface area (Å²) in [6, 6.07) is 5.32. The molecule has 0 bridgehead atoms. The number of hydrogen-bond acceptors (Lipinski definition) is 1. The lowest BCUT2D eigenvalue weighted by molar-refractivity contribution is 0.0972. The summed E-state index contributed by atoms with van der Waals surface area (Å²) in [5.41, 5.74) is 2.91. The average molecular weight is 275 g/mol. The number of carbonyl (C=O) groups is 1. The maximum atomic E-state index is 13.8. The number of aromatic nitrogens is 1. The molecule has 0 aliphatic heterocycles. The van der Waals surface area contributed by atoms with Gasteiger partial charge in [0.25, 0.3) is 0 Å². The van der Waals surface area contributed by atoms with Crippen molar-refractivity contribution in [1.29, 1.82) is 0 Å². The number of nitrogens with zero attached hydrogens (tertiary/aromatic N) is 1. The number of hydrogen-bond donors (Lipinski definition) is 0. The molecule has 1 aromatic carbocycles. The molecule has 0 atom stereocenters. The van der Waals surface area contributed by atoms with E-state index in [4.69, 9.17) is 0 Å². The van der Waals surface area contributed by atoms with Crippen molar-refractivity contribution in [2.45, 2.75) is 32.7 Å². The summed E-state index contributed by atoms with van der Waals surface area (Å²) in [5.74, 6) is -0.723. The van der Waals surface area contributed by atoms with Crippen LogP contribution in [0, 0.1) is 18.6 Å². The molecule has 3 rings (SSSR count). The largest absolute Gasteiger partial charge is 0.344 e. The van der Waals surface area contributed by atoms with Gasteiger partial charge in [0.2, 0.25) is 0 Å². The Morgan fingerprint density at radius 3 is 2.80 bits per heavy atom. The van der Waals surface area contributed by atoms with E-state index in [1.807, 2.05) is 17.6 Å². The van der Waals surface area contributed by atoms with Crippen LogP contribution in [-0.4, -0.2) is 10.4 Å². The second-order valence-electron chi connectivity index (χ2n) is 5.24. The minimum Gasteiger partial charge on any atom is -0.344 e. The first-order valence-corrected chi connectivity index (χ1v) is 6.72. The van der Waals surface area contributed by atoms with Crippen molar-refractivity contribution < 1.29 is 13.6 Å². The van der Waals surface area contributed by atoms with Crippen LogP contribution in [0.5, 0.6) is 0 Å². The predicted octanol–water partition coefficient (Wildman–Crippen LogP) is 3.64. The fraction of sp³-hybridized carbons (Fsp3) is 0.312. The molecule has 4 heteroatoms. The lowest BCUT2D eigenvalue weighted by Crippen LogP contribution is -2.14. The van der Waals surface area contributed by atoms with E-state index in [2.05, 4.69) is 0 Å². The Balaban J connectivity index is 2.03. The van der Waals surface area contributed by atoms with Gasteiger partial charge < -0.3 is 4.57 Å². The van der Waals surface area contributed by atoms with Crippen molar-refractivity contribution in [1.82, 2.24) is 4.57 Å². The summed E-state index contributed by atoms with van der Waals surface area (Å²) in [7, 11) is 0. The summed E-state index contributed by atoms with van der Waals surface area (Å²) in [6.07, 6.45) is 2.21. The van der Waals surface area contributed by atoms with Gasteiger partial charge in [-0.2, -0.15) is 0 Å². The Morgan fingerprint density at radius 1 is 1.20 bits per heavy atom. The Labute approximate surface area is 116 Å². The van der Waals surface area contributed by atoms with E-state index in [-0.39, 0.29) is 12.3 Å². The topological polar surface area (TPSA) is 22.0 Å². The SMILES string of the molecule is Cc1cc2c(n1Cc1cc(F)ccc1F)CCCC2=O. The number of fused-ring (bicyclic) bond motifs is 1. The molecule has 1 heterocycles. The van der Waals surface area contributed by atoms with Crippen LogP contribution in [0.15, 0.2) is 24.3 Å². The number of Topliss-reactive ketones (excluding diaryl/α,β-unsaturated/α-hetero) is 1. The van der Waals surface area contributed by atoms with Crippen LogP contribution in [-0.2, 0) is 13.0 Å². The number of halogens is 2. The zero-order chi connectivity index (χ0) is 14.3. The highest BCUT2D eigenvalue weighted by molar-refractivity contribution is 5.98. The fourth-order valence-corrected chi connectivity index (χ4v) is 2.85. The Morgan fingerprint density at radius 2 is 2.00 bits per heavy atom. The Kier molecular flexibility index (Phi) is 3.16. The molecule has 1 aromatic heterocycles. The second kappa shape index (κ2) is 4.85. The first-order chi connectivity index (χ1) is 9.56. The maximum absolute atomic E-state index is 13.8. The highest BCUT2D eigenvalue weighted by atomic mass is 19.1. The van der Waals surface area contributed by atoms with Crippen molar-refractivity contribution >= 4 is 5.78 Å². The fourth-order valence-electron chi connectivity index (χ4n) is 2.85. The summed E-state index contributed by atoms with van der Waals surface area (Å²) in [6.45, 7) is 2.15. The van der Waals surface area contributed by atoms with Crippen LogP contribution in [0.1, 0.15) is 40.2 Å². The summed E-state index contributed by atoms with van der Waals surface area (Å²) in [5, 5.41) is 0. The van der Waals surface area contributed by atoms with E-state index >= 15 is 0 Å². The van der Waals surface area contributed by atoms with E-state index in [1.54, 1.807) is 0 Å². The summed E-state index contributed by atoms with van der Waals surface area (Å²) in [4.78, 5) is 11.9. The zero-order valence-corrected chi connectivity index (χ0v) is 11.2. The van der Waals surface area contributed by atoms with Crippen LogP contribution in [0.3, 0.4) is 0 Å². The lowest BCUT2D eigenvalue weighted by atomic mass is 9.96. The van der Waals surface area contributed by atoms with Crippen LogP contribution < -0.4 is 0 Å². The average Bonchev–Trinajstić information content (AvgIpc) is 2.73. The quantitative estimate of drug-likeness (QED) is 0.820. The van der Waals surface area contributed by atoms with E-state index in [0.29, 0.717) is 12.0 Å². The third-order valence-corrected chi connectivity index (χ3v) is 3.87. The molecule has 20 heavy (non-hydrogen) atoms. The van der Waals surface area contributed by atoms with Gasteiger partial charge in [-0.05, 0) is 44.0 Å². The van der Waals surface area contributed by atoms with Gasteiger partial charge in [-0.25, -0.2) is 8.78 Å². The molecule has 1 aliphatic carbocycles. The normalized spacial score (nSPS) is 14.4. The first-order valence-electron chi connectivity index (χ1n) is 6.72.